The van der Waals surface area contributed by atoms with E-state index in [2.05, 4.69) is 4.74 Å². The number of nitrogens with zero attached hydrogens (tertiary/aromatic N) is 2. The first-order valence-corrected chi connectivity index (χ1v) is 7.66. The lowest BCUT2D eigenvalue weighted by molar-refractivity contribution is -0.385. The van der Waals surface area contributed by atoms with Crippen LogP contribution < -0.4 is 9.47 Å². The number of halogens is 2. The number of alkyl halides is 2. The highest BCUT2D eigenvalue weighted by Crippen LogP contribution is 2.36. The molecule has 1 aromatic rings. The van der Waals surface area contributed by atoms with E-state index >= 15 is 0 Å². The third kappa shape index (κ3) is 5.00. The Hall–Kier alpha value is -3.02. The van der Waals surface area contributed by atoms with Gasteiger partial charge in [0.25, 0.3) is 11.6 Å². The molecule has 10 nitrogen and oxygen atoms in total. The molecule has 0 radical (unpaired) electrons. The van der Waals surface area contributed by atoms with Gasteiger partial charge in [0.2, 0.25) is 0 Å². The molecule has 1 unspecified atom stereocenters. The molecule has 1 aliphatic heterocycles. The van der Waals surface area contributed by atoms with Crippen molar-refractivity contribution in [2.24, 2.45) is 0 Å². The summed E-state index contributed by atoms with van der Waals surface area (Å²) in [6.45, 7) is -3.18. The number of hydrogen-bond donors (Lipinski definition) is 1. The van der Waals surface area contributed by atoms with Gasteiger partial charge in [0.05, 0.1) is 37.2 Å². The van der Waals surface area contributed by atoms with Crippen LogP contribution in [0.5, 0.6) is 11.5 Å². The Morgan fingerprint density at radius 1 is 1.44 bits per heavy atom. The average molecular weight is 390 g/mol. The topological polar surface area (TPSA) is 128 Å². The van der Waals surface area contributed by atoms with E-state index in [1.807, 2.05) is 0 Å². The van der Waals surface area contributed by atoms with E-state index in [0.29, 0.717) is 6.07 Å². The molecule has 1 N–H and O–H groups in total. The zero-order valence-electron chi connectivity index (χ0n) is 14.1. The molecule has 0 spiro atoms. The fourth-order valence-corrected chi connectivity index (χ4v) is 2.61. The number of methoxy groups -OCH3 is 1. The van der Waals surface area contributed by atoms with E-state index in [0.717, 1.165) is 13.2 Å². The van der Waals surface area contributed by atoms with Crippen LogP contribution in [0.15, 0.2) is 12.1 Å². The minimum Gasteiger partial charge on any atom is -0.493 e. The lowest BCUT2D eigenvalue weighted by atomic mass is 10.1. The fraction of sp³-hybridized carbons (Fsp3) is 0.467. The largest absolute Gasteiger partial charge is 0.493 e. The van der Waals surface area contributed by atoms with Crippen molar-refractivity contribution in [3.05, 3.63) is 27.8 Å². The van der Waals surface area contributed by atoms with Gasteiger partial charge in [0.15, 0.2) is 11.5 Å². The molecule has 2 rings (SSSR count). The highest BCUT2D eigenvalue weighted by atomic mass is 19.3. The van der Waals surface area contributed by atoms with Crippen molar-refractivity contribution in [3.8, 4) is 11.5 Å². The molecule has 1 atom stereocenters. The number of rotatable bonds is 7. The third-order valence-electron chi connectivity index (χ3n) is 3.75. The molecule has 0 aliphatic carbocycles. The second-order valence-corrected chi connectivity index (χ2v) is 5.50. The fourth-order valence-electron chi connectivity index (χ4n) is 2.61. The standard InChI is InChI=1S/C15H16F2N2O8/c1-25-11-5-9(10(19(23)24)6-12(11)27-15(16)17)14(22)18-2-3-26-8(7-18)4-13(20)21/h5-6,8,15H,2-4,7H2,1H3,(H,20,21). The van der Waals surface area contributed by atoms with E-state index in [9.17, 15) is 28.5 Å². The number of amides is 1. The molecular formula is C15H16F2N2O8. The highest BCUT2D eigenvalue weighted by Gasteiger charge is 2.32. The van der Waals surface area contributed by atoms with Crippen LogP contribution in [0.25, 0.3) is 0 Å². The summed E-state index contributed by atoms with van der Waals surface area (Å²) < 4.78 is 39.3. The van der Waals surface area contributed by atoms with Gasteiger partial charge in [-0.1, -0.05) is 0 Å². The van der Waals surface area contributed by atoms with Crippen molar-refractivity contribution >= 4 is 17.6 Å². The molecule has 1 saturated heterocycles. The summed E-state index contributed by atoms with van der Waals surface area (Å²) in [4.78, 5) is 35.1. The summed E-state index contributed by atoms with van der Waals surface area (Å²) in [5.41, 5.74) is -1.13. The van der Waals surface area contributed by atoms with Gasteiger partial charge in [-0.05, 0) is 0 Å². The van der Waals surface area contributed by atoms with Crippen LogP contribution in [-0.4, -0.2) is 66.3 Å². The summed E-state index contributed by atoms with van der Waals surface area (Å²) in [6.07, 6.45) is -1.10. The number of carbonyl (C=O) groups is 2. The average Bonchev–Trinajstić information content (AvgIpc) is 2.59. The van der Waals surface area contributed by atoms with Crippen LogP contribution in [0, 0.1) is 10.1 Å². The second-order valence-electron chi connectivity index (χ2n) is 5.50. The molecule has 1 amide bonds. The summed E-state index contributed by atoms with van der Waals surface area (Å²) in [6, 6.07) is 1.63. The van der Waals surface area contributed by atoms with Crippen LogP contribution in [0.4, 0.5) is 14.5 Å². The molecule has 0 bridgehead atoms. The molecular weight excluding hydrogens is 374 g/mol. The van der Waals surface area contributed by atoms with Crippen LogP contribution in [0.1, 0.15) is 16.8 Å². The van der Waals surface area contributed by atoms with E-state index < -0.39 is 46.5 Å². The van der Waals surface area contributed by atoms with Crippen LogP contribution in [-0.2, 0) is 9.53 Å². The maximum atomic E-state index is 12.7. The van der Waals surface area contributed by atoms with E-state index in [1.54, 1.807) is 0 Å². The molecule has 0 aromatic heterocycles. The molecule has 1 fully saturated rings. The lowest BCUT2D eigenvalue weighted by Gasteiger charge is -2.32. The zero-order valence-corrected chi connectivity index (χ0v) is 14.1. The summed E-state index contributed by atoms with van der Waals surface area (Å²) in [5, 5.41) is 20.1. The van der Waals surface area contributed by atoms with E-state index in [-0.39, 0.29) is 31.9 Å². The van der Waals surface area contributed by atoms with Crippen LogP contribution in [0.2, 0.25) is 0 Å². The Bertz CT molecular complexity index is 743. The lowest BCUT2D eigenvalue weighted by Crippen LogP contribution is -2.46. The van der Waals surface area contributed by atoms with Crippen molar-refractivity contribution in [2.75, 3.05) is 26.8 Å². The Morgan fingerprint density at radius 3 is 2.70 bits per heavy atom. The Morgan fingerprint density at radius 2 is 2.15 bits per heavy atom. The number of hydrogen-bond acceptors (Lipinski definition) is 7. The Kier molecular flexibility index (Phi) is 6.45. The van der Waals surface area contributed by atoms with Gasteiger partial charge in [-0.25, -0.2) is 0 Å². The number of carboxylic acid groups (broad SMARTS) is 1. The van der Waals surface area contributed by atoms with E-state index in [1.165, 1.54) is 4.90 Å². The van der Waals surface area contributed by atoms with Crippen molar-refractivity contribution in [2.45, 2.75) is 19.1 Å². The predicted molar refractivity (Wildman–Crippen MR) is 84.2 cm³/mol. The third-order valence-corrected chi connectivity index (χ3v) is 3.75. The van der Waals surface area contributed by atoms with Crippen molar-refractivity contribution in [1.29, 1.82) is 0 Å². The quantitative estimate of drug-likeness (QED) is 0.548. The van der Waals surface area contributed by atoms with Gasteiger partial charge < -0.3 is 24.2 Å². The van der Waals surface area contributed by atoms with Gasteiger partial charge in [0.1, 0.15) is 5.56 Å². The van der Waals surface area contributed by atoms with Gasteiger partial charge >= 0.3 is 12.6 Å². The smallest absolute Gasteiger partial charge is 0.387 e. The molecule has 12 heteroatoms. The van der Waals surface area contributed by atoms with Crippen LogP contribution in [0.3, 0.4) is 0 Å². The molecule has 148 valence electrons. The number of nitro groups is 1. The first-order valence-electron chi connectivity index (χ1n) is 7.66. The molecule has 0 saturated carbocycles. The van der Waals surface area contributed by atoms with Crippen molar-refractivity contribution in [3.63, 3.8) is 0 Å². The van der Waals surface area contributed by atoms with Gasteiger partial charge in [0, 0.05) is 19.2 Å². The maximum absolute atomic E-state index is 12.7. The molecule has 1 aliphatic rings. The predicted octanol–water partition coefficient (Wildman–Crippen LogP) is 1.52. The molecule has 27 heavy (non-hydrogen) atoms. The van der Waals surface area contributed by atoms with Crippen molar-refractivity contribution < 1.29 is 42.6 Å². The first-order chi connectivity index (χ1) is 12.7. The number of morpholine rings is 1. The van der Waals surface area contributed by atoms with Crippen molar-refractivity contribution in [1.82, 2.24) is 4.90 Å². The normalized spacial score (nSPS) is 16.9. The minimum atomic E-state index is -3.24. The summed E-state index contributed by atoms with van der Waals surface area (Å²) >= 11 is 0. The Balaban J connectivity index is 2.36. The number of carboxylic acids is 1. The van der Waals surface area contributed by atoms with Gasteiger partial charge in [-0.2, -0.15) is 8.78 Å². The minimum absolute atomic E-state index is 0.0567. The van der Waals surface area contributed by atoms with Crippen LogP contribution >= 0.6 is 0 Å². The zero-order chi connectivity index (χ0) is 20.1. The Labute approximate surface area is 151 Å². The number of ether oxygens (including phenoxy) is 3. The SMILES string of the molecule is COc1cc(C(=O)N2CCOC(CC(=O)O)C2)c([N+](=O)[O-])cc1OC(F)F. The summed E-state index contributed by atoms with van der Waals surface area (Å²) in [7, 11) is 1.13. The van der Waals surface area contributed by atoms with Gasteiger partial charge in [-0.15, -0.1) is 0 Å². The second kappa shape index (κ2) is 8.58. The molecule has 1 aromatic carbocycles. The molecule has 1 heterocycles. The first kappa shape index (κ1) is 20.3. The number of carbonyl (C=O) groups excluding carboxylic acids is 1. The van der Waals surface area contributed by atoms with Gasteiger partial charge in [-0.3, -0.25) is 19.7 Å². The number of nitro benzene ring substituents is 1. The highest BCUT2D eigenvalue weighted by molar-refractivity contribution is 5.99. The van der Waals surface area contributed by atoms with E-state index in [4.69, 9.17) is 14.6 Å². The number of aliphatic carboxylic acids is 1. The monoisotopic (exact) mass is 390 g/mol. The summed E-state index contributed by atoms with van der Waals surface area (Å²) in [5.74, 6) is -2.75. The number of benzene rings is 1. The maximum Gasteiger partial charge on any atom is 0.387 e.